The number of amides is 1. The van der Waals surface area contributed by atoms with Crippen LogP contribution in [0.4, 0.5) is 11.5 Å². The molecule has 0 aliphatic carbocycles. The molecule has 0 bridgehead atoms. The lowest BCUT2D eigenvalue weighted by atomic mass is 10.1. The number of nitrogens with zero attached hydrogens (tertiary/aromatic N) is 2. The number of methoxy groups -OCH3 is 1. The van der Waals surface area contributed by atoms with E-state index in [2.05, 4.69) is 34.4 Å². The van der Waals surface area contributed by atoms with E-state index in [1.54, 1.807) is 18.3 Å². The fourth-order valence-corrected chi connectivity index (χ4v) is 2.30. The quantitative estimate of drug-likeness (QED) is 0.773. The van der Waals surface area contributed by atoms with E-state index in [-0.39, 0.29) is 11.6 Å². The van der Waals surface area contributed by atoms with E-state index in [9.17, 15) is 4.79 Å². The number of rotatable bonds is 7. The first kappa shape index (κ1) is 19.0. The SMILES string of the molecule is COc1cc(Cl)c(C)cc1NC(=O)c1cnc(NCCC(C)C)cn1. The zero-order chi connectivity index (χ0) is 18.4. The molecular weight excluding hydrogens is 340 g/mol. The number of hydrogen-bond acceptors (Lipinski definition) is 5. The second-order valence-electron chi connectivity index (χ2n) is 6.15. The van der Waals surface area contributed by atoms with Gasteiger partial charge in [0.05, 0.1) is 25.2 Å². The van der Waals surface area contributed by atoms with Gasteiger partial charge in [-0.25, -0.2) is 9.97 Å². The Hall–Kier alpha value is -2.34. The van der Waals surface area contributed by atoms with Crippen LogP contribution in [0, 0.1) is 12.8 Å². The molecule has 0 saturated carbocycles. The number of anilines is 2. The molecule has 6 nitrogen and oxygen atoms in total. The molecule has 25 heavy (non-hydrogen) atoms. The van der Waals surface area contributed by atoms with Gasteiger partial charge in [-0.15, -0.1) is 0 Å². The maximum atomic E-state index is 12.4. The number of aryl methyl sites for hydroxylation is 1. The summed E-state index contributed by atoms with van der Waals surface area (Å²) in [7, 11) is 1.52. The third-order valence-electron chi connectivity index (χ3n) is 3.64. The first-order chi connectivity index (χ1) is 11.9. The highest BCUT2D eigenvalue weighted by atomic mass is 35.5. The number of carbonyl (C=O) groups is 1. The van der Waals surface area contributed by atoms with E-state index < -0.39 is 0 Å². The smallest absolute Gasteiger partial charge is 0.275 e. The van der Waals surface area contributed by atoms with E-state index in [0.717, 1.165) is 18.5 Å². The van der Waals surface area contributed by atoms with Gasteiger partial charge in [0.15, 0.2) is 0 Å². The number of hydrogen-bond donors (Lipinski definition) is 2. The normalized spacial score (nSPS) is 10.6. The van der Waals surface area contributed by atoms with Crippen molar-refractivity contribution in [1.82, 2.24) is 9.97 Å². The average molecular weight is 363 g/mol. The molecule has 0 saturated heterocycles. The zero-order valence-electron chi connectivity index (χ0n) is 14.9. The third-order valence-corrected chi connectivity index (χ3v) is 4.05. The van der Waals surface area contributed by atoms with E-state index in [1.165, 1.54) is 13.3 Å². The van der Waals surface area contributed by atoms with Crippen LogP contribution >= 0.6 is 11.6 Å². The summed E-state index contributed by atoms with van der Waals surface area (Å²) in [6, 6.07) is 3.42. The average Bonchev–Trinajstić information content (AvgIpc) is 2.58. The van der Waals surface area contributed by atoms with E-state index in [0.29, 0.717) is 28.2 Å². The molecule has 134 valence electrons. The number of carbonyl (C=O) groups excluding carboxylic acids is 1. The van der Waals surface area contributed by atoms with E-state index >= 15 is 0 Å². The highest BCUT2D eigenvalue weighted by Crippen LogP contribution is 2.31. The number of halogens is 1. The Balaban J connectivity index is 2.05. The fourth-order valence-electron chi connectivity index (χ4n) is 2.14. The van der Waals surface area contributed by atoms with Crippen molar-refractivity contribution in [3.63, 3.8) is 0 Å². The van der Waals surface area contributed by atoms with Crippen LogP contribution in [0.3, 0.4) is 0 Å². The number of aromatic nitrogens is 2. The van der Waals surface area contributed by atoms with Gasteiger partial charge in [0.25, 0.3) is 5.91 Å². The van der Waals surface area contributed by atoms with Crippen LogP contribution < -0.4 is 15.4 Å². The summed E-state index contributed by atoms with van der Waals surface area (Å²) in [6.45, 7) is 7.00. The molecule has 0 atom stereocenters. The van der Waals surface area contributed by atoms with Crippen molar-refractivity contribution >= 4 is 29.0 Å². The molecule has 0 unspecified atom stereocenters. The molecule has 2 aromatic rings. The predicted molar refractivity (Wildman–Crippen MR) is 101 cm³/mol. The maximum absolute atomic E-state index is 12.4. The summed E-state index contributed by atoms with van der Waals surface area (Å²) in [5.74, 6) is 1.39. The Kier molecular flexibility index (Phi) is 6.58. The minimum atomic E-state index is -0.360. The summed E-state index contributed by atoms with van der Waals surface area (Å²) in [6.07, 6.45) is 4.04. The van der Waals surface area contributed by atoms with Crippen molar-refractivity contribution in [3.05, 3.63) is 40.8 Å². The summed E-state index contributed by atoms with van der Waals surface area (Å²) >= 11 is 6.07. The standard InChI is InChI=1S/C18H23ClN4O2/c1-11(2)5-6-20-17-10-21-15(9-22-17)18(24)23-14-7-12(3)13(19)8-16(14)25-4/h7-11H,5-6H2,1-4H3,(H,20,22)(H,23,24). The van der Waals surface area contributed by atoms with Crippen LogP contribution in [0.5, 0.6) is 5.75 Å². The molecule has 1 aromatic heterocycles. The lowest BCUT2D eigenvalue weighted by molar-refractivity contribution is 0.102. The topological polar surface area (TPSA) is 76.1 Å². The minimum Gasteiger partial charge on any atom is -0.495 e. The largest absolute Gasteiger partial charge is 0.495 e. The van der Waals surface area contributed by atoms with Crippen molar-refractivity contribution in [3.8, 4) is 5.75 Å². The summed E-state index contributed by atoms with van der Waals surface area (Å²) in [4.78, 5) is 20.8. The van der Waals surface area contributed by atoms with Gasteiger partial charge in [0.1, 0.15) is 17.3 Å². The lowest BCUT2D eigenvalue weighted by Crippen LogP contribution is -2.15. The fraction of sp³-hybridized carbons (Fsp3) is 0.389. The Morgan fingerprint density at radius 1 is 1.28 bits per heavy atom. The molecule has 0 aliphatic rings. The molecule has 7 heteroatoms. The van der Waals surface area contributed by atoms with Crippen LogP contribution in [0.25, 0.3) is 0 Å². The summed E-state index contributed by atoms with van der Waals surface area (Å²) in [5, 5.41) is 6.54. The highest BCUT2D eigenvalue weighted by molar-refractivity contribution is 6.31. The molecule has 0 radical (unpaired) electrons. The van der Waals surface area contributed by atoms with Crippen molar-refractivity contribution in [1.29, 1.82) is 0 Å². The van der Waals surface area contributed by atoms with Gasteiger partial charge in [-0.1, -0.05) is 25.4 Å². The van der Waals surface area contributed by atoms with Crippen molar-refractivity contribution in [2.75, 3.05) is 24.3 Å². The zero-order valence-corrected chi connectivity index (χ0v) is 15.6. The second-order valence-corrected chi connectivity index (χ2v) is 6.56. The van der Waals surface area contributed by atoms with Crippen LogP contribution in [-0.4, -0.2) is 29.5 Å². The molecule has 2 N–H and O–H groups in total. The van der Waals surface area contributed by atoms with Crippen LogP contribution in [0.1, 0.15) is 36.3 Å². The molecule has 1 heterocycles. The van der Waals surface area contributed by atoms with Crippen LogP contribution in [0.2, 0.25) is 5.02 Å². The summed E-state index contributed by atoms with van der Waals surface area (Å²) in [5.41, 5.74) is 1.60. The van der Waals surface area contributed by atoms with Gasteiger partial charge in [0.2, 0.25) is 0 Å². The molecule has 1 amide bonds. The molecule has 2 rings (SSSR count). The Bertz CT molecular complexity index is 733. The van der Waals surface area contributed by atoms with Gasteiger partial charge in [-0.05, 0) is 30.9 Å². The van der Waals surface area contributed by atoms with Gasteiger partial charge in [0, 0.05) is 17.6 Å². The van der Waals surface area contributed by atoms with Gasteiger partial charge in [-0.3, -0.25) is 4.79 Å². The first-order valence-electron chi connectivity index (χ1n) is 8.12. The second kappa shape index (κ2) is 8.67. The molecular formula is C18H23ClN4O2. The maximum Gasteiger partial charge on any atom is 0.275 e. The molecule has 0 aliphatic heterocycles. The Morgan fingerprint density at radius 3 is 2.64 bits per heavy atom. The minimum absolute atomic E-state index is 0.226. The van der Waals surface area contributed by atoms with Crippen LogP contribution in [0.15, 0.2) is 24.5 Å². The third kappa shape index (κ3) is 5.32. The van der Waals surface area contributed by atoms with Gasteiger partial charge >= 0.3 is 0 Å². The van der Waals surface area contributed by atoms with Crippen molar-refractivity contribution in [2.24, 2.45) is 5.92 Å². The Morgan fingerprint density at radius 2 is 2.04 bits per heavy atom. The van der Waals surface area contributed by atoms with Gasteiger partial charge < -0.3 is 15.4 Å². The lowest BCUT2D eigenvalue weighted by Gasteiger charge is -2.12. The number of benzene rings is 1. The predicted octanol–water partition coefficient (Wildman–Crippen LogP) is 4.16. The number of nitrogens with one attached hydrogen (secondary N) is 2. The summed E-state index contributed by atoms with van der Waals surface area (Å²) < 4.78 is 5.26. The van der Waals surface area contributed by atoms with E-state index in [4.69, 9.17) is 16.3 Å². The van der Waals surface area contributed by atoms with Crippen molar-refractivity contribution in [2.45, 2.75) is 27.2 Å². The van der Waals surface area contributed by atoms with Crippen LogP contribution in [-0.2, 0) is 0 Å². The molecule has 0 spiro atoms. The van der Waals surface area contributed by atoms with Gasteiger partial charge in [-0.2, -0.15) is 0 Å². The first-order valence-corrected chi connectivity index (χ1v) is 8.50. The molecule has 1 aromatic carbocycles. The monoisotopic (exact) mass is 362 g/mol. The highest BCUT2D eigenvalue weighted by Gasteiger charge is 2.13. The number of ether oxygens (including phenoxy) is 1. The Labute approximate surface area is 153 Å². The van der Waals surface area contributed by atoms with Crippen molar-refractivity contribution < 1.29 is 9.53 Å². The molecule has 0 fully saturated rings. The van der Waals surface area contributed by atoms with E-state index in [1.807, 2.05) is 6.92 Å².